The molecule has 0 radical (unpaired) electrons. The van der Waals surface area contributed by atoms with Crippen molar-refractivity contribution in [2.45, 2.75) is 13.3 Å². The van der Waals surface area contributed by atoms with E-state index in [2.05, 4.69) is 0 Å². The first kappa shape index (κ1) is 14.7. The molecule has 0 aliphatic rings. The van der Waals surface area contributed by atoms with Gasteiger partial charge in [0, 0.05) is 6.54 Å². The van der Waals surface area contributed by atoms with Crippen molar-refractivity contribution in [3.63, 3.8) is 0 Å². The van der Waals surface area contributed by atoms with Crippen LogP contribution in [-0.4, -0.2) is 36.2 Å². The lowest BCUT2D eigenvalue weighted by atomic mass is 10.2. The van der Waals surface area contributed by atoms with E-state index in [1.54, 1.807) is 6.07 Å². The summed E-state index contributed by atoms with van der Waals surface area (Å²) in [6, 6.07) is 4.38. The standard InChI is InChI=1S/C12H16N2O5/c1-3-6-13(8-12(15)16)10-5-4-9(19-2)7-11(10)14(17)18/h4-5,7H,3,6,8H2,1-2H3,(H,15,16). The van der Waals surface area contributed by atoms with Gasteiger partial charge in [0.15, 0.2) is 0 Å². The fraction of sp³-hybridized carbons (Fsp3) is 0.417. The number of anilines is 1. The van der Waals surface area contributed by atoms with Crippen LogP contribution in [0.15, 0.2) is 18.2 Å². The van der Waals surface area contributed by atoms with Gasteiger partial charge in [0.2, 0.25) is 0 Å². The van der Waals surface area contributed by atoms with Gasteiger partial charge in [-0.05, 0) is 18.6 Å². The van der Waals surface area contributed by atoms with Gasteiger partial charge in [-0.25, -0.2) is 0 Å². The van der Waals surface area contributed by atoms with Crippen LogP contribution in [0.1, 0.15) is 13.3 Å². The molecular formula is C12H16N2O5. The molecule has 1 N–H and O–H groups in total. The first-order valence-electron chi connectivity index (χ1n) is 5.78. The molecule has 104 valence electrons. The van der Waals surface area contributed by atoms with Crippen LogP contribution in [0.4, 0.5) is 11.4 Å². The maximum Gasteiger partial charge on any atom is 0.323 e. The van der Waals surface area contributed by atoms with Crippen LogP contribution in [0.2, 0.25) is 0 Å². The topological polar surface area (TPSA) is 92.9 Å². The molecule has 19 heavy (non-hydrogen) atoms. The van der Waals surface area contributed by atoms with E-state index in [0.717, 1.165) is 0 Å². The lowest BCUT2D eigenvalue weighted by Gasteiger charge is -2.22. The lowest BCUT2D eigenvalue weighted by molar-refractivity contribution is -0.384. The molecule has 7 heteroatoms. The van der Waals surface area contributed by atoms with E-state index in [-0.39, 0.29) is 17.9 Å². The minimum atomic E-state index is -1.03. The molecule has 0 aliphatic heterocycles. The molecule has 0 aliphatic carbocycles. The number of nitro groups is 1. The Labute approximate surface area is 110 Å². The average Bonchev–Trinajstić information content (AvgIpc) is 2.37. The normalized spacial score (nSPS) is 10.0. The highest BCUT2D eigenvalue weighted by Crippen LogP contribution is 2.32. The molecule has 0 heterocycles. The van der Waals surface area contributed by atoms with Crippen molar-refractivity contribution in [1.82, 2.24) is 0 Å². The quantitative estimate of drug-likeness (QED) is 0.599. The highest BCUT2D eigenvalue weighted by atomic mass is 16.6. The minimum absolute atomic E-state index is 0.158. The maximum atomic E-state index is 11.1. The van der Waals surface area contributed by atoms with Crippen LogP contribution in [-0.2, 0) is 4.79 Å². The first-order valence-corrected chi connectivity index (χ1v) is 5.78. The number of methoxy groups -OCH3 is 1. The third kappa shape index (κ3) is 3.84. The van der Waals surface area contributed by atoms with Crippen LogP contribution < -0.4 is 9.64 Å². The fourth-order valence-electron chi connectivity index (χ4n) is 1.76. The Balaban J connectivity index is 3.20. The highest BCUT2D eigenvalue weighted by Gasteiger charge is 2.21. The Bertz CT molecular complexity index is 475. The molecule has 0 bridgehead atoms. The number of ether oxygens (including phenoxy) is 1. The van der Waals surface area contributed by atoms with E-state index >= 15 is 0 Å². The van der Waals surface area contributed by atoms with Crippen molar-refractivity contribution in [1.29, 1.82) is 0 Å². The SMILES string of the molecule is CCCN(CC(=O)O)c1ccc(OC)cc1[N+](=O)[O-]. The summed E-state index contributed by atoms with van der Waals surface area (Å²) in [5, 5.41) is 19.9. The van der Waals surface area contributed by atoms with E-state index in [0.29, 0.717) is 18.7 Å². The van der Waals surface area contributed by atoms with Gasteiger partial charge in [-0.1, -0.05) is 6.92 Å². The molecule has 0 saturated carbocycles. The molecule has 0 amide bonds. The predicted octanol–water partition coefficient (Wildman–Crippen LogP) is 1.90. The summed E-state index contributed by atoms with van der Waals surface area (Å²) >= 11 is 0. The summed E-state index contributed by atoms with van der Waals surface area (Å²) in [4.78, 5) is 22.8. The number of carbonyl (C=O) groups is 1. The number of nitro benzene ring substituents is 1. The van der Waals surface area contributed by atoms with Gasteiger partial charge >= 0.3 is 5.97 Å². The predicted molar refractivity (Wildman–Crippen MR) is 69.8 cm³/mol. The molecule has 0 atom stereocenters. The van der Waals surface area contributed by atoms with Gasteiger partial charge in [0.1, 0.15) is 18.0 Å². The second kappa shape index (κ2) is 6.58. The zero-order chi connectivity index (χ0) is 14.4. The Morgan fingerprint density at radius 2 is 2.21 bits per heavy atom. The highest BCUT2D eigenvalue weighted by molar-refractivity contribution is 5.76. The second-order valence-electron chi connectivity index (χ2n) is 3.93. The largest absolute Gasteiger partial charge is 0.496 e. The Morgan fingerprint density at radius 3 is 2.68 bits per heavy atom. The maximum absolute atomic E-state index is 11.1. The summed E-state index contributed by atoms with van der Waals surface area (Å²) in [6.07, 6.45) is 0.691. The molecule has 0 fully saturated rings. The van der Waals surface area contributed by atoms with E-state index in [9.17, 15) is 14.9 Å². The molecule has 7 nitrogen and oxygen atoms in total. The van der Waals surface area contributed by atoms with Crippen molar-refractivity contribution < 1.29 is 19.6 Å². The molecule has 0 saturated heterocycles. The number of hydrogen-bond donors (Lipinski definition) is 1. The van der Waals surface area contributed by atoms with Gasteiger partial charge in [-0.3, -0.25) is 14.9 Å². The smallest absolute Gasteiger partial charge is 0.323 e. The van der Waals surface area contributed by atoms with Crippen molar-refractivity contribution >= 4 is 17.3 Å². The van der Waals surface area contributed by atoms with Crippen molar-refractivity contribution in [2.75, 3.05) is 25.1 Å². The Kier molecular flexibility index (Phi) is 5.11. The van der Waals surface area contributed by atoms with E-state index in [1.165, 1.54) is 24.1 Å². The van der Waals surface area contributed by atoms with E-state index in [1.807, 2.05) is 6.92 Å². The lowest BCUT2D eigenvalue weighted by Crippen LogP contribution is -2.30. The van der Waals surface area contributed by atoms with Crippen molar-refractivity contribution in [3.05, 3.63) is 28.3 Å². The van der Waals surface area contributed by atoms with E-state index < -0.39 is 10.9 Å². The third-order valence-electron chi connectivity index (χ3n) is 2.54. The number of benzene rings is 1. The molecule has 1 aromatic rings. The summed E-state index contributed by atoms with van der Waals surface area (Å²) in [5.74, 6) is -0.666. The molecule has 0 unspecified atom stereocenters. The third-order valence-corrected chi connectivity index (χ3v) is 2.54. The molecule has 0 aromatic heterocycles. The molecule has 0 spiro atoms. The van der Waals surface area contributed by atoms with Crippen LogP contribution in [0.25, 0.3) is 0 Å². The Hall–Kier alpha value is -2.31. The number of aliphatic carboxylic acids is 1. The summed E-state index contributed by atoms with van der Waals surface area (Å²) in [6.45, 7) is 2.03. The fourth-order valence-corrected chi connectivity index (χ4v) is 1.76. The number of nitrogens with zero attached hydrogens (tertiary/aromatic N) is 2. The summed E-state index contributed by atoms with van der Waals surface area (Å²) in [5.41, 5.74) is 0.129. The van der Waals surface area contributed by atoms with Crippen LogP contribution in [0, 0.1) is 10.1 Å². The second-order valence-corrected chi connectivity index (χ2v) is 3.93. The van der Waals surface area contributed by atoms with Gasteiger partial charge in [0.25, 0.3) is 5.69 Å². The van der Waals surface area contributed by atoms with Crippen molar-refractivity contribution in [3.8, 4) is 5.75 Å². The molecule has 1 aromatic carbocycles. The van der Waals surface area contributed by atoms with Gasteiger partial charge in [-0.15, -0.1) is 0 Å². The monoisotopic (exact) mass is 268 g/mol. The Morgan fingerprint density at radius 1 is 1.53 bits per heavy atom. The minimum Gasteiger partial charge on any atom is -0.496 e. The van der Waals surface area contributed by atoms with Crippen LogP contribution in [0.5, 0.6) is 5.75 Å². The molecule has 1 rings (SSSR count). The molecular weight excluding hydrogens is 252 g/mol. The zero-order valence-electron chi connectivity index (χ0n) is 10.8. The van der Waals surface area contributed by atoms with Gasteiger partial charge in [-0.2, -0.15) is 0 Å². The summed E-state index contributed by atoms with van der Waals surface area (Å²) in [7, 11) is 1.42. The number of carboxylic acids is 1. The van der Waals surface area contributed by atoms with E-state index in [4.69, 9.17) is 9.84 Å². The number of hydrogen-bond acceptors (Lipinski definition) is 5. The average molecular weight is 268 g/mol. The van der Waals surface area contributed by atoms with Crippen molar-refractivity contribution in [2.24, 2.45) is 0 Å². The first-order chi connectivity index (χ1) is 8.99. The number of carboxylic acid groups (broad SMARTS) is 1. The van der Waals surface area contributed by atoms with Crippen LogP contribution >= 0.6 is 0 Å². The summed E-state index contributed by atoms with van der Waals surface area (Å²) < 4.78 is 4.94. The van der Waals surface area contributed by atoms with Gasteiger partial charge < -0.3 is 14.7 Å². The zero-order valence-corrected chi connectivity index (χ0v) is 10.8. The van der Waals surface area contributed by atoms with Crippen LogP contribution in [0.3, 0.4) is 0 Å². The van der Waals surface area contributed by atoms with Gasteiger partial charge in [0.05, 0.1) is 18.1 Å². The number of rotatable bonds is 7.